The molecule has 2 saturated heterocycles. The Morgan fingerprint density at radius 1 is 1.32 bits per heavy atom. The minimum Gasteiger partial charge on any atom is -0.465 e. The predicted molar refractivity (Wildman–Crippen MR) is 72.4 cm³/mol. The van der Waals surface area contributed by atoms with Gasteiger partial charge in [-0.3, -0.25) is 9.59 Å². The number of likely N-dealkylation sites (tertiary alicyclic amines) is 1. The van der Waals surface area contributed by atoms with Gasteiger partial charge in [-0.05, 0) is 17.8 Å². The third-order valence-electron chi connectivity index (χ3n) is 4.46. The number of carbonyl (C=O) groups is 2. The van der Waals surface area contributed by atoms with Gasteiger partial charge in [-0.2, -0.15) is 0 Å². The standard InChI is InChI=1S/C15H25NO3/c1-9(2)12-7-16(15(12)10(3)4)13(17)5-11-6-14(18)19-8-11/h9-12,15H,5-8H2,1-4H3/t11-,12+,15+/m1/s1. The zero-order valence-corrected chi connectivity index (χ0v) is 12.4. The van der Waals surface area contributed by atoms with Crippen LogP contribution in [0.25, 0.3) is 0 Å². The van der Waals surface area contributed by atoms with E-state index in [9.17, 15) is 9.59 Å². The van der Waals surface area contributed by atoms with Crippen LogP contribution in [0.4, 0.5) is 0 Å². The van der Waals surface area contributed by atoms with Crippen LogP contribution in [0.1, 0.15) is 40.5 Å². The first-order chi connectivity index (χ1) is 8.90. The van der Waals surface area contributed by atoms with Gasteiger partial charge in [-0.1, -0.05) is 27.7 Å². The van der Waals surface area contributed by atoms with Crippen molar-refractivity contribution in [1.29, 1.82) is 0 Å². The highest BCUT2D eigenvalue weighted by molar-refractivity contribution is 5.79. The van der Waals surface area contributed by atoms with Crippen LogP contribution in [0, 0.1) is 23.7 Å². The van der Waals surface area contributed by atoms with Gasteiger partial charge >= 0.3 is 5.97 Å². The molecule has 2 fully saturated rings. The fourth-order valence-corrected chi connectivity index (χ4v) is 3.34. The van der Waals surface area contributed by atoms with Gasteiger partial charge in [0.1, 0.15) is 0 Å². The minimum absolute atomic E-state index is 0.0888. The van der Waals surface area contributed by atoms with Crippen LogP contribution >= 0.6 is 0 Å². The summed E-state index contributed by atoms with van der Waals surface area (Å²) in [5.41, 5.74) is 0. The van der Waals surface area contributed by atoms with E-state index >= 15 is 0 Å². The zero-order chi connectivity index (χ0) is 14.2. The molecule has 0 N–H and O–H groups in total. The summed E-state index contributed by atoms with van der Waals surface area (Å²) in [5.74, 6) is 1.84. The number of amides is 1. The zero-order valence-electron chi connectivity index (χ0n) is 12.4. The summed E-state index contributed by atoms with van der Waals surface area (Å²) in [6.45, 7) is 10.1. The van der Waals surface area contributed by atoms with E-state index in [1.165, 1.54) is 0 Å². The van der Waals surface area contributed by atoms with Gasteiger partial charge in [0.2, 0.25) is 5.91 Å². The summed E-state index contributed by atoms with van der Waals surface area (Å²) in [4.78, 5) is 25.4. The Bertz CT molecular complexity index is 364. The molecular formula is C15H25NO3. The van der Waals surface area contributed by atoms with Crippen LogP contribution < -0.4 is 0 Å². The number of carbonyl (C=O) groups excluding carboxylic acids is 2. The molecule has 0 aliphatic carbocycles. The van der Waals surface area contributed by atoms with Crippen molar-refractivity contribution in [2.45, 2.75) is 46.6 Å². The SMILES string of the molecule is CC(C)[C@@H]1CN(C(=O)C[C@H]2COC(=O)C2)[C@H]1C(C)C. The van der Waals surface area contributed by atoms with E-state index in [-0.39, 0.29) is 17.8 Å². The van der Waals surface area contributed by atoms with E-state index in [1.54, 1.807) is 0 Å². The second-order valence-electron chi connectivity index (χ2n) is 6.65. The average Bonchev–Trinajstić information content (AvgIpc) is 2.60. The molecule has 2 aliphatic heterocycles. The maximum atomic E-state index is 12.3. The van der Waals surface area contributed by atoms with Crippen molar-refractivity contribution in [1.82, 2.24) is 4.90 Å². The molecule has 0 saturated carbocycles. The average molecular weight is 267 g/mol. The van der Waals surface area contributed by atoms with Crippen LogP contribution in [0.5, 0.6) is 0 Å². The lowest BCUT2D eigenvalue weighted by Crippen LogP contribution is -2.62. The number of ether oxygens (including phenoxy) is 1. The topological polar surface area (TPSA) is 46.6 Å². The Morgan fingerprint density at radius 3 is 2.47 bits per heavy atom. The summed E-state index contributed by atoms with van der Waals surface area (Å²) < 4.78 is 4.92. The smallest absolute Gasteiger partial charge is 0.306 e. The van der Waals surface area contributed by atoms with Crippen LogP contribution in [-0.4, -0.2) is 36.0 Å². The first-order valence-electron chi connectivity index (χ1n) is 7.35. The first kappa shape index (κ1) is 14.4. The maximum absolute atomic E-state index is 12.3. The molecule has 0 aromatic carbocycles. The van der Waals surface area contributed by atoms with Gasteiger partial charge in [0.25, 0.3) is 0 Å². The summed E-state index contributed by atoms with van der Waals surface area (Å²) in [5, 5.41) is 0. The fourth-order valence-electron chi connectivity index (χ4n) is 3.34. The highest BCUT2D eigenvalue weighted by atomic mass is 16.5. The van der Waals surface area contributed by atoms with Crippen molar-refractivity contribution in [3.8, 4) is 0 Å². The quantitative estimate of drug-likeness (QED) is 0.733. The molecular weight excluding hydrogens is 242 g/mol. The van der Waals surface area contributed by atoms with E-state index in [0.717, 1.165) is 6.54 Å². The molecule has 108 valence electrons. The minimum atomic E-state index is -0.165. The number of cyclic esters (lactones) is 1. The molecule has 2 rings (SSSR count). The Kier molecular flexibility index (Phi) is 4.16. The van der Waals surface area contributed by atoms with Gasteiger partial charge in [0.15, 0.2) is 0 Å². The van der Waals surface area contributed by atoms with E-state index in [1.807, 2.05) is 4.90 Å². The molecule has 0 unspecified atom stereocenters. The third-order valence-corrected chi connectivity index (χ3v) is 4.46. The van der Waals surface area contributed by atoms with Crippen LogP contribution in [-0.2, 0) is 14.3 Å². The molecule has 1 amide bonds. The normalized spacial score (nSPS) is 30.7. The summed E-state index contributed by atoms with van der Waals surface area (Å²) in [6.07, 6.45) is 0.860. The second kappa shape index (κ2) is 5.51. The van der Waals surface area contributed by atoms with Crippen LogP contribution in [0.2, 0.25) is 0 Å². The van der Waals surface area contributed by atoms with E-state index in [4.69, 9.17) is 4.74 Å². The molecule has 0 aromatic rings. The van der Waals surface area contributed by atoms with Crippen LogP contribution in [0.3, 0.4) is 0 Å². The molecule has 2 aliphatic rings. The van der Waals surface area contributed by atoms with E-state index < -0.39 is 0 Å². The van der Waals surface area contributed by atoms with E-state index in [2.05, 4.69) is 27.7 Å². The first-order valence-corrected chi connectivity index (χ1v) is 7.35. The van der Waals surface area contributed by atoms with Crippen molar-refractivity contribution in [2.75, 3.05) is 13.2 Å². The van der Waals surface area contributed by atoms with Crippen molar-refractivity contribution < 1.29 is 14.3 Å². The summed E-state index contributed by atoms with van der Waals surface area (Å²) >= 11 is 0. The van der Waals surface area contributed by atoms with Gasteiger partial charge in [0, 0.05) is 24.9 Å². The largest absolute Gasteiger partial charge is 0.465 e. The second-order valence-corrected chi connectivity index (χ2v) is 6.65. The van der Waals surface area contributed by atoms with Crippen molar-refractivity contribution >= 4 is 11.9 Å². The Morgan fingerprint density at radius 2 is 2.00 bits per heavy atom. The highest BCUT2D eigenvalue weighted by Gasteiger charge is 2.45. The lowest BCUT2D eigenvalue weighted by molar-refractivity contribution is -0.150. The molecule has 2 heterocycles. The fraction of sp³-hybridized carbons (Fsp3) is 0.867. The number of rotatable bonds is 4. The Balaban J connectivity index is 1.91. The van der Waals surface area contributed by atoms with E-state index in [0.29, 0.717) is 43.2 Å². The molecule has 0 radical (unpaired) electrons. The summed E-state index contributed by atoms with van der Waals surface area (Å²) in [7, 11) is 0. The molecule has 3 atom stereocenters. The third kappa shape index (κ3) is 2.93. The molecule has 4 nitrogen and oxygen atoms in total. The number of hydrogen-bond donors (Lipinski definition) is 0. The Hall–Kier alpha value is -1.06. The lowest BCUT2D eigenvalue weighted by Gasteiger charge is -2.52. The van der Waals surface area contributed by atoms with Gasteiger partial charge < -0.3 is 9.64 Å². The lowest BCUT2D eigenvalue weighted by atomic mass is 9.74. The number of esters is 1. The van der Waals surface area contributed by atoms with Gasteiger partial charge in [-0.15, -0.1) is 0 Å². The van der Waals surface area contributed by atoms with Gasteiger partial charge in [0.05, 0.1) is 13.0 Å². The van der Waals surface area contributed by atoms with Crippen molar-refractivity contribution in [2.24, 2.45) is 23.7 Å². The van der Waals surface area contributed by atoms with Crippen molar-refractivity contribution in [3.05, 3.63) is 0 Å². The Labute approximate surface area is 115 Å². The number of hydrogen-bond acceptors (Lipinski definition) is 3. The highest BCUT2D eigenvalue weighted by Crippen LogP contribution is 2.36. The van der Waals surface area contributed by atoms with Crippen LogP contribution in [0.15, 0.2) is 0 Å². The number of nitrogens with zero attached hydrogens (tertiary/aromatic N) is 1. The molecule has 4 heteroatoms. The molecule has 0 aromatic heterocycles. The molecule has 0 spiro atoms. The van der Waals surface area contributed by atoms with Gasteiger partial charge in [-0.25, -0.2) is 0 Å². The summed E-state index contributed by atoms with van der Waals surface area (Å²) in [6, 6.07) is 0.366. The van der Waals surface area contributed by atoms with Crippen molar-refractivity contribution in [3.63, 3.8) is 0 Å². The predicted octanol–water partition coefficient (Wildman–Crippen LogP) is 2.08. The monoisotopic (exact) mass is 267 g/mol. The maximum Gasteiger partial charge on any atom is 0.306 e. The molecule has 19 heavy (non-hydrogen) atoms. The molecule has 0 bridgehead atoms.